The minimum atomic E-state index is -3.22. The maximum absolute atomic E-state index is 11.3. The predicted octanol–water partition coefficient (Wildman–Crippen LogP) is -0.130. The average molecular weight is 309 g/mol. The topological polar surface area (TPSA) is 125 Å². The van der Waals surface area contributed by atoms with Crippen LogP contribution in [0, 0.1) is 0 Å². The summed E-state index contributed by atoms with van der Waals surface area (Å²) in [6.45, 7) is 0.886. The summed E-state index contributed by atoms with van der Waals surface area (Å²) in [6.07, 6.45) is 4.36. The molecule has 0 spiro atoms. The third-order valence-electron chi connectivity index (χ3n) is 2.38. The van der Waals surface area contributed by atoms with Gasteiger partial charge in [-0.2, -0.15) is 0 Å². The number of sulfonamides is 1. The van der Waals surface area contributed by atoms with E-state index in [2.05, 4.69) is 15.4 Å². The largest absolute Gasteiger partial charge is 0.481 e. The first-order valence-electron chi connectivity index (χ1n) is 6.49. The Kier molecular flexibility index (Phi) is 9.73. The number of carbonyl (C=O) groups is 2. The molecule has 0 bridgehead atoms. The molecule has 0 heterocycles. The second-order valence-electron chi connectivity index (χ2n) is 4.41. The first-order chi connectivity index (χ1) is 9.31. The van der Waals surface area contributed by atoms with Crippen LogP contribution in [0.4, 0.5) is 4.79 Å². The van der Waals surface area contributed by atoms with Gasteiger partial charge >= 0.3 is 12.0 Å². The van der Waals surface area contributed by atoms with Crippen molar-refractivity contribution < 1.29 is 23.1 Å². The molecule has 0 aromatic carbocycles. The second kappa shape index (κ2) is 10.4. The number of aliphatic carboxylic acids is 1. The van der Waals surface area contributed by atoms with E-state index in [9.17, 15) is 18.0 Å². The molecule has 0 rings (SSSR count). The Morgan fingerprint density at radius 3 is 2.15 bits per heavy atom. The van der Waals surface area contributed by atoms with Gasteiger partial charge in [-0.25, -0.2) is 17.9 Å². The number of carboxylic acids is 1. The Hall–Kier alpha value is -1.35. The van der Waals surface area contributed by atoms with Gasteiger partial charge in [-0.05, 0) is 12.8 Å². The van der Waals surface area contributed by atoms with Gasteiger partial charge < -0.3 is 15.7 Å². The summed E-state index contributed by atoms with van der Waals surface area (Å²) in [7, 11) is -3.22. The zero-order valence-electron chi connectivity index (χ0n) is 11.6. The van der Waals surface area contributed by atoms with Crippen molar-refractivity contribution in [3.8, 4) is 0 Å². The van der Waals surface area contributed by atoms with Crippen molar-refractivity contribution >= 4 is 22.0 Å². The van der Waals surface area contributed by atoms with E-state index in [-0.39, 0.29) is 25.5 Å². The van der Waals surface area contributed by atoms with E-state index in [0.717, 1.165) is 25.5 Å². The fourth-order valence-electron chi connectivity index (χ4n) is 1.43. The highest BCUT2D eigenvalue weighted by Crippen LogP contribution is 2.01. The van der Waals surface area contributed by atoms with Crippen LogP contribution in [-0.4, -0.2) is 51.4 Å². The lowest BCUT2D eigenvalue weighted by Gasteiger charge is -2.07. The summed E-state index contributed by atoms with van der Waals surface area (Å²) < 4.78 is 23.7. The van der Waals surface area contributed by atoms with Gasteiger partial charge in [0, 0.05) is 26.1 Å². The molecule has 0 aromatic heterocycles. The molecule has 0 unspecified atom stereocenters. The summed E-state index contributed by atoms with van der Waals surface area (Å²) in [4.78, 5) is 21.5. The number of amides is 2. The highest BCUT2D eigenvalue weighted by molar-refractivity contribution is 7.88. The van der Waals surface area contributed by atoms with Crippen molar-refractivity contribution in [2.75, 3.05) is 25.9 Å². The number of hydrogen-bond donors (Lipinski definition) is 4. The molecule has 2 amide bonds. The van der Waals surface area contributed by atoms with Gasteiger partial charge in [0.2, 0.25) is 10.0 Å². The molecule has 0 saturated carbocycles. The number of nitrogens with one attached hydrogen (secondary N) is 3. The van der Waals surface area contributed by atoms with Crippen LogP contribution >= 0.6 is 0 Å². The first kappa shape index (κ1) is 18.7. The number of unbranched alkanes of at least 4 members (excludes halogenated alkanes) is 3. The summed E-state index contributed by atoms with van der Waals surface area (Å²) in [5.74, 6) is -0.787. The fraction of sp³-hybridized carbons (Fsp3) is 0.818. The Morgan fingerprint density at radius 1 is 0.950 bits per heavy atom. The van der Waals surface area contributed by atoms with E-state index in [1.807, 2.05) is 0 Å². The predicted molar refractivity (Wildman–Crippen MR) is 75.0 cm³/mol. The van der Waals surface area contributed by atoms with Crippen molar-refractivity contribution in [1.82, 2.24) is 15.4 Å². The number of hydrogen-bond acceptors (Lipinski definition) is 4. The van der Waals surface area contributed by atoms with Crippen LogP contribution in [0.5, 0.6) is 0 Å². The number of urea groups is 1. The monoisotopic (exact) mass is 309 g/mol. The molecule has 9 heteroatoms. The lowest BCUT2D eigenvalue weighted by molar-refractivity contribution is -0.137. The van der Waals surface area contributed by atoms with Crippen molar-refractivity contribution in [2.24, 2.45) is 0 Å². The Bertz CT molecular complexity index is 397. The number of carboxylic acid groups (broad SMARTS) is 1. The van der Waals surface area contributed by atoms with Crippen molar-refractivity contribution in [3.63, 3.8) is 0 Å². The second-order valence-corrected chi connectivity index (χ2v) is 6.24. The maximum atomic E-state index is 11.3. The van der Waals surface area contributed by atoms with Crippen LogP contribution in [0.15, 0.2) is 0 Å². The number of carbonyl (C=O) groups excluding carboxylic acids is 1. The number of rotatable bonds is 11. The lowest BCUT2D eigenvalue weighted by atomic mass is 10.1. The molecular formula is C11H23N3O5S. The molecule has 0 aliphatic rings. The van der Waals surface area contributed by atoms with E-state index in [0.29, 0.717) is 13.0 Å². The molecule has 0 aliphatic carbocycles. The third-order valence-corrected chi connectivity index (χ3v) is 3.11. The molecule has 0 aliphatic heterocycles. The zero-order valence-corrected chi connectivity index (χ0v) is 12.5. The Morgan fingerprint density at radius 2 is 1.55 bits per heavy atom. The van der Waals surface area contributed by atoms with Gasteiger partial charge in [-0.15, -0.1) is 0 Å². The SMILES string of the molecule is CS(=O)(=O)NCCNC(=O)NCCCCCCC(=O)O. The van der Waals surface area contributed by atoms with Crippen molar-refractivity contribution in [1.29, 1.82) is 0 Å². The Labute approximate surface area is 119 Å². The first-order valence-corrected chi connectivity index (χ1v) is 8.38. The summed E-state index contributed by atoms with van der Waals surface area (Å²) in [5, 5.41) is 13.6. The molecule has 0 fully saturated rings. The molecule has 20 heavy (non-hydrogen) atoms. The van der Waals surface area contributed by atoms with E-state index >= 15 is 0 Å². The molecule has 0 aromatic rings. The van der Waals surface area contributed by atoms with Gasteiger partial charge in [0.25, 0.3) is 0 Å². The zero-order chi connectivity index (χ0) is 15.4. The van der Waals surface area contributed by atoms with E-state index in [1.54, 1.807) is 0 Å². The van der Waals surface area contributed by atoms with E-state index in [1.165, 1.54) is 0 Å². The van der Waals surface area contributed by atoms with Crippen LogP contribution in [0.2, 0.25) is 0 Å². The van der Waals surface area contributed by atoms with Gasteiger partial charge in [-0.3, -0.25) is 4.79 Å². The Balaban J connectivity index is 3.35. The molecule has 0 atom stereocenters. The van der Waals surface area contributed by atoms with Gasteiger partial charge in [0.15, 0.2) is 0 Å². The van der Waals surface area contributed by atoms with Crippen LogP contribution in [0.25, 0.3) is 0 Å². The van der Waals surface area contributed by atoms with E-state index in [4.69, 9.17) is 5.11 Å². The van der Waals surface area contributed by atoms with E-state index < -0.39 is 16.0 Å². The summed E-state index contributed by atoms with van der Waals surface area (Å²) in [6, 6.07) is -0.342. The summed E-state index contributed by atoms with van der Waals surface area (Å²) in [5.41, 5.74) is 0. The normalized spacial score (nSPS) is 11.1. The van der Waals surface area contributed by atoms with Gasteiger partial charge in [0.05, 0.1) is 6.26 Å². The molecular weight excluding hydrogens is 286 g/mol. The van der Waals surface area contributed by atoms with Crippen LogP contribution in [0.1, 0.15) is 32.1 Å². The van der Waals surface area contributed by atoms with Gasteiger partial charge in [0.1, 0.15) is 0 Å². The highest BCUT2D eigenvalue weighted by Gasteiger charge is 2.01. The van der Waals surface area contributed by atoms with Gasteiger partial charge in [-0.1, -0.05) is 12.8 Å². The van der Waals surface area contributed by atoms with Crippen LogP contribution in [0.3, 0.4) is 0 Å². The van der Waals surface area contributed by atoms with Crippen molar-refractivity contribution in [2.45, 2.75) is 32.1 Å². The third kappa shape index (κ3) is 14.7. The molecule has 8 nitrogen and oxygen atoms in total. The molecule has 0 radical (unpaired) electrons. The van der Waals surface area contributed by atoms with Crippen LogP contribution < -0.4 is 15.4 Å². The fourth-order valence-corrected chi connectivity index (χ4v) is 1.90. The molecule has 0 saturated heterocycles. The molecule has 4 N–H and O–H groups in total. The average Bonchev–Trinajstić information content (AvgIpc) is 2.32. The van der Waals surface area contributed by atoms with Crippen LogP contribution in [-0.2, 0) is 14.8 Å². The smallest absolute Gasteiger partial charge is 0.314 e. The quantitative estimate of drug-likeness (QED) is 0.396. The minimum Gasteiger partial charge on any atom is -0.481 e. The van der Waals surface area contributed by atoms with Crippen molar-refractivity contribution in [3.05, 3.63) is 0 Å². The highest BCUT2D eigenvalue weighted by atomic mass is 32.2. The maximum Gasteiger partial charge on any atom is 0.314 e. The molecule has 118 valence electrons. The summed E-state index contributed by atoms with van der Waals surface area (Å²) >= 11 is 0. The standard InChI is InChI=1S/C11H23N3O5S/c1-20(18,19)14-9-8-13-11(17)12-7-5-3-2-4-6-10(15)16/h14H,2-9H2,1H3,(H,15,16)(H2,12,13,17). The lowest BCUT2D eigenvalue weighted by Crippen LogP contribution is -2.40. The minimum absolute atomic E-state index is 0.154.